The van der Waals surface area contributed by atoms with Crippen LogP contribution in [0.1, 0.15) is 58.4 Å². The summed E-state index contributed by atoms with van der Waals surface area (Å²) in [6.07, 6.45) is 3.95. The molecular weight excluding hydrogens is 432 g/mol. The largest absolute Gasteiger partial charge is 0.469 e. The number of likely N-dealkylation sites (tertiary alicyclic amines) is 1. The first-order valence-corrected chi connectivity index (χ1v) is 12.5. The molecule has 188 valence electrons. The van der Waals surface area contributed by atoms with Gasteiger partial charge in [-0.3, -0.25) is 14.4 Å². The minimum Gasteiger partial charge on any atom is -0.469 e. The molecule has 2 fully saturated rings. The number of amides is 1. The lowest BCUT2D eigenvalue weighted by molar-refractivity contribution is -0.154. The Morgan fingerprint density at radius 1 is 1.12 bits per heavy atom. The number of ether oxygens (including phenoxy) is 2. The molecule has 1 unspecified atom stereocenters. The lowest BCUT2D eigenvalue weighted by Crippen LogP contribution is -2.51. The smallest absolute Gasteiger partial charge is 0.318 e. The van der Waals surface area contributed by atoms with E-state index in [4.69, 9.17) is 9.47 Å². The SMILES string of the molecule is COC(=O)C(C)C[C@@H]1C[C@H](N(C)C(C)C)CC[C@@H]1N1CC[C@H](C(=O)OCc2ccccc2)C1=O. The maximum absolute atomic E-state index is 13.3. The molecule has 1 saturated heterocycles. The van der Waals surface area contributed by atoms with E-state index in [1.807, 2.05) is 42.2 Å². The Morgan fingerprint density at radius 3 is 2.47 bits per heavy atom. The molecule has 1 saturated carbocycles. The van der Waals surface area contributed by atoms with Crippen LogP contribution in [0.5, 0.6) is 0 Å². The van der Waals surface area contributed by atoms with E-state index >= 15 is 0 Å². The van der Waals surface area contributed by atoms with Gasteiger partial charge >= 0.3 is 11.9 Å². The molecule has 1 aromatic carbocycles. The van der Waals surface area contributed by atoms with Crippen LogP contribution < -0.4 is 0 Å². The third kappa shape index (κ3) is 6.17. The van der Waals surface area contributed by atoms with Crippen LogP contribution in [0.3, 0.4) is 0 Å². The number of benzene rings is 1. The third-order valence-electron chi connectivity index (χ3n) is 7.71. The van der Waals surface area contributed by atoms with Crippen molar-refractivity contribution >= 4 is 17.8 Å². The van der Waals surface area contributed by atoms with Crippen LogP contribution in [0.25, 0.3) is 0 Å². The Bertz CT molecular complexity index is 843. The average Bonchev–Trinajstić information content (AvgIpc) is 3.22. The minimum atomic E-state index is -0.738. The van der Waals surface area contributed by atoms with Gasteiger partial charge in [-0.15, -0.1) is 0 Å². The fraction of sp³-hybridized carbons (Fsp3) is 0.667. The van der Waals surface area contributed by atoms with Gasteiger partial charge in [0, 0.05) is 24.7 Å². The van der Waals surface area contributed by atoms with Gasteiger partial charge in [0.05, 0.1) is 13.0 Å². The Morgan fingerprint density at radius 2 is 1.82 bits per heavy atom. The van der Waals surface area contributed by atoms with Gasteiger partial charge in [0.15, 0.2) is 0 Å². The van der Waals surface area contributed by atoms with Crippen LogP contribution in [0, 0.1) is 17.8 Å². The second-order valence-corrected chi connectivity index (χ2v) is 10.2. The number of hydrogen-bond donors (Lipinski definition) is 0. The summed E-state index contributed by atoms with van der Waals surface area (Å²) in [5.74, 6) is -1.58. The van der Waals surface area contributed by atoms with Crippen LogP contribution in [-0.4, -0.2) is 66.5 Å². The van der Waals surface area contributed by atoms with Gasteiger partial charge in [0.25, 0.3) is 0 Å². The van der Waals surface area contributed by atoms with Crippen molar-refractivity contribution in [1.29, 1.82) is 0 Å². The summed E-state index contributed by atoms with van der Waals surface area (Å²) in [6, 6.07) is 10.4. The number of rotatable bonds is 9. The first kappa shape index (κ1) is 26.2. The first-order chi connectivity index (χ1) is 16.2. The van der Waals surface area contributed by atoms with Crippen molar-refractivity contribution in [2.75, 3.05) is 20.7 Å². The Kier molecular flexibility index (Phi) is 9.11. The summed E-state index contributed by atoms with van der Waals surface area (Å²) >= 11 is 0. The fourth-order valence-electron chi connectivity index (χ4n) is 5.51. The zero-order valence-corrected chi connectivity index (χ0v) is 21.2. The lowest BCUT2D eigenvalue weighted by Gasteiger charge is -2.45. The highest BCUT2D eigenvalue weighted by Gasteiger charge is 2.45. The van der Waals surface area contributed by atoms with Crippen molar-refractivity contribution in [2.24, 2.45) is 17.8 Å². The van der Waals surface area contributed by atoms with Crippen LogP contribution in [0.2, 0.25) is 0 Å². The molecule has 1 aliphatic heterocycles. The topological polar surface area (TPSA) is 76.2 Å². The maximum atomic E-state index is 13.3. The molecule has 0 spiro atoms. The Balaban J connectivity index is 1.68. The number of nitrogens with zero attached hydrogens (tertiary/aromatic N) is 2. The highest BCUT2D eigenvalue weighted by molar-refractivity contribution is 5.99. The molecule has 0 aromatic heterocycles. The van der Waals surface area contributed by atoms with Crippen LogP contribution in [0.15, 0.2) is 30.3 Å². The fourth-order valence-corrected chi connectivity index (χ4v) is 5.51. The summed E-state index contributed by atoms with van der Waals surface area (Å²) in [5, 5.41) is 0. The van der Waals surface area contributed by atoms with Crippen LogP contribution in [-0.2, 0) is 30.5 Å². The summed E-state index contributed by atoms with van der Waals surface area (Å²) in [6.45, 7) is 7.01. The molecule has 1 aromatic rings. The van der Waals surface area contributed by atoms with Crippen molar-refractivity contribution in [2.45, 2.75) is 77.6 Å². The third-order valence-corrected chi connectivity index (χ3v) is 7.71. The van der Waals surface area contributed by atoms with Crippen molar-refractivity contribution < 1.29 is 23.9 Å². The van der Waals surface area contributed by atoms with Gasteiger partial charge in [-0.25, -0.2) is 0 Å². The summed E-state index contributed by atoms with van der Waals surface area (Å²) in [7, 11) is 3.57. The first-order valence-electron chi connectivity index (χ1n) is 12.5. The molecule has 1 amide bonds. The van der Waals surface area contributed by atoms with E-state index in [1.54, 1.807) is 0 Å². The zero-order valence-electron chi connectivity index (χ0n) is 21.2. The van der Waals surface area contributed by atoms with E-state index < -0.39 is 11.9 Å². The van der Waals surface area contributed by atoms with E-state index in [2.05, 4.69) is 25.8 Å². The molecule has 1 heterocycles. The molecule has 3 rings (SSSR count). The number of carbonyl (C=O) groups excluding carboxylic acids is 3. The van der Waals surface area contributed by atoms with Crippen LogP contribution in [0.4, 0.5) is 0 Å². The van der Waals surface area contributed by atoms with Crippen LogP contribution >= 0.6 is 0 Å². The molecule has 0 radical (unpaired) electrons. The predicted molar refractivity (Wildman–Crippen MR) is 130 cm³/mol. The monoisotopic (exact) mass is 472 g/mol. The molecule has 2 aliphatic rings. The van der Waals surface area contributed by atoms with Gasteiger partial charge < -0.3 is 19.3 Å². The molecule has 0 bridgehead atoms. The standard InChI is InChI=1S/C27H40N2O5/c1-18(2)28(4)22-11-12-24(21(16-22)15-19(3)26(31)33-5)29-14-13-23(25(29)30)27(32)34-17-20-9-7-6-8-10-20/h6-10,18-19,21-24H,11-17H2,1-5H3/t19?,21-,22-,23+,24+/m1/s1. The molecule has 7 heteroatoms. The summed E-state index contributed by atoms with van der Waals surface area (Å²) in [4.78, 5) is 42.5. The lowest BCUT2D eigenvalue weighted by atomic mass is 9.76. The average molecular weight is 473 g/mol. The molecule has 7 nitrogen and oxygen atoms in total. The Hall–Kier alpha value is -2.41. The van der Waals surface area contributed by atoms with E-state index in [-0.39, 0.29) is 36.4 Å². The number of esters is 2. The highest BCUT2D eigenvalue weighted by Crippen LogP contribution is 2.38. The van der Waals surface area contributed by atoms with Gasteiger partial charge in [-0.1, -0.05) is 37.3 Å². The van der Waals surface area contributed by atoms with Crippen molar-refractivity contribution in [3.63, 3.8) is 0 Å². The second-order valence-electron chi connectivity index (χ2n) is 10.2. The van der Waals surface area contributed by atoms with Gasteiger partial charge in [-0.05, 0) is 64.5 Å². The van der Waals surface area contributed by atoms with E-state index in [9.17, 15) is 14.4 Å². The summed E-state index contributed by atoms with van der Waals surface area (Å²) < 4.78 is 10.4. The molecule has 1 aliphatic carbocycles. The normalized spacial score (nSPS) is 26.1. The molecule has 5 atom stereocenters. The predicted octanol–water partition coefficient (Wildman–Crippen LogP) is 3.66. The van der Waals surface area contributed by atoms with E-state index in [0.717, 1.165) is 24.8 Å². The zero-order chi connectivity index (χ0) is 24.8. The number of carbonyl (C=O) groups is 3. The van der Waals surface area contributed by atoms with E-state index in [1.165, 1.54) is 7.11 Å². The quantitative estimate of drug-likeness (QED) is 0.403. The molecule has 34 heavy (non-hydrogen) atoms. The van der Waals surface area contributed by atoms with Crippen molar-refractivity contribution in [3.05, 3.63) is 35.9 Å². The Labute approximate surface area is 203 Å². The van der Waals surface area contributed by atoms with Crippen molar-refractivity contribution in [3.8, 4) is 0 Å². The maximum Gasteiger partial charge on any atom is 0.318 e. The molecular formula is C27H40N2O5. The second kappa shape index (κ2) is 11.8. The van der Waals surface area contributed by atoms with Crippen molar-refractivity contribution in [1.82, 2.24) is 9.80 Å². The van der Waals surface area contributed by atoms with Gasteiger partial charge in [0.1, 0.15) is 12.5 Å². The van der Waals surface area contributed by atoms with Gasteiger partial charge in [-0.2, -0.15) is 0 Å². The molecule has 0 N–H and O–H groups in total. The minimum absolute atomic E-state index is 0.0309. The van der Waals surface area contributed by atoms with E-state index in [0.29, 0.717) is 31.5 Å². The highest BCUT2D eigenvalue weighted by atomic mass is 16.5. The summed E-state index contributed by atoms with van der Waals surface area (Å²) in [5.41, 5.74) is 0.905. The van der Waals surface area contributed by atoms with Gasteiger partial charge in [0.2, 0.25) is 5.91 Å². The number of hydrogen-bond acceptors (Lipinski definition) is 6. The number of methoxy groups -OCH3 is 1.